The minimum atomic E-state index is 0.279. The van der Waals surface area contributed by atoms with Crippen LogP contribution in [0, 0.1) is 6.92 Å². The molecule has 0 aliphatic rings. The van der Waals surface area contributed by atoms with E-state index in [1.807, 2.05) is 0 Å². The van der Waals surface area contributed by atoms with Gasteiger partial charge in [0.25, 0.3) is 0 Å². The molecule has 1 aromatic heterocycles. The molecule has 0 aliphatic heterocycles. The molecular formula is C16H30N4O. The number of aliphatic hydroxyl groups excluding tert-OH is 1. The number of nitrogens with one attached hydrogen (secondary N) is 1. The van der Waals surface area contributed by atoms with Gasteiger partial charge in [-0.15, -0.1) is 0 Å². The van der Waals surface area contributed by atoms with Gasteiger partial charge in [0.05, 0.1) is 0 Å². The normalized spacial score (nSPS) is 10.7. The Bertz CT molecular complexity index is 423. The van der Waals surface area contributed by atoms with Crippen LogP contribution in [-0.2, 0) is 6.42 Å². The largest absolute Gasteiger partial charge is 0.396 e. The van der Waals surface area contributed by atoms with Crippen molar-refractivity contribution in [1.29, 1.82) is 0 Å². The average molecular weight is 294 g/mol. The Morgan fingerprint density at radius 3 is 2.52 bits per heavy atom. The highest BCUT2D eigenvalue weighted by molar-refractivity contribution is 5.58. The molecule has 0 amide bonds. The van der Waals surface area contributed by atoms with E-state index < -0.39 is 0 Å². The quantitative estimate of drug-likeness (QED) is 0.650. The number of aryl methyl sites for hydroxylation is 1. The highest BCUT2D eigenvalue weighted by atomic mass is 16.2. The zero-order valence-electron chi connectivity index (χ0n) is 13.9. The van der Waals surface area contributed by atoms with Gasteiger partial charge in [-0.3, -0.25) is 0 Å². The van der Waals surface area contributed by atoms with Crippen LogP contribution in [0.25, 0.3) is 0 Å². The molecule has 0 fully saturated rings. The predicted octanol–water partition coefficient (Wildman–Crippen LogP) is 2.77. The van der Waals surface area contributed by atoms with Crippen molar-refractivity contribution >= 4 is 11.6 Å². The first-order chi connectivity index (χ1) is 10.1. The van der Waals surface area contributed by atoms with Crippen LogP contribution < -0.4 is 10.2 Å². The summed E-state index contributed by atoms with van der Waals surface area (Å²) >= 11 is 0. The molecule has 0 aromatic carbocycles. The Morgan fingerprint density at radius 2 is 1.90 bits per heavy atom. The Kier molecular flexibility index (Phi) is 8.05. The maximum atomic E-state index is 8.84. The summed E-state index contributed by atoms with van der Waals surface area (Å²) in [6.07, 6.45) is 4.95. The van der Waals surface area contributed by atoms with Crippen molar-refractivity contribution in [3.05, 3.63) is 11.4 Å². The first-order valence-electron chi connectivity index (χ1n) is 8.07. The van der Waals surface area contributed by atoms with Crippen molar-refractivity contribution in [3.8, 4) is 0 Å². The monoisotopic (exact) mass is 294 g/mol. The molecule has 120 valence electrons. The van der Waals surface area contributed by atoms with E-state index in [2.05, 4.69) is 43.0 Å². The van der Waals surface area contributed by atoms with Crippen LogP contribution in [0.1, 0.15) is 50.9 Å². The second kappa shape index (κ2) is 9.55. The van der Waals surface area contributed by atoms with Crippen molar-refractivity contribution in [2.45, 2.75) is 52.9 Å². The number of hydrogen-bond acceptors (Lipinski definition) is 5. The summed E-state index contributed by atoms with van der Waals surface area (Å²) in [5, 5.41) is 12.2. The number of anilines is 2. The summed E-state index contributed by atoms with van der Waals surface area (Å²) in [6.45, 7) is 8.40. The summed E-state index contributed by atoms with van der Waals surface area (Å²) in [4.78, 5) is 11.6. The van der Waals surface area contributed by atoms with Gasteiger partial charge in [-0.2, -0.15) is 0 Å². The third-order valence-electron chi connectivity index (χ3n) is 3.50. The van der Waals surface area contributed by atoms with Crippen LogP contribution in [-0.4, -0.2) is 41.8 Å². The third-order valence-corrected chi connectivity index (χ3v) is 3.50. The number of rotatable bonds is 10. The summed E-state index contributed by atoms with van der Waals surface area (Å²) in [6, 6.07) is 0. The topological polar surface area (TPSA) is 61.3 Å². The van der Waals surface area contributed by atoms with Gasteiger partial charge >= 0.3 is 0 Å². The van der Waals surface area contributed by atoms with E-state index in [0.29, 0.717) is 0 Å². The minimum absolute atomic E-state index is 0.279. The Hall–Kier alpha value is -1.36. The molecular weight excluding hydrogens is 264 g/mol. The summed E-state index contributed by atoms with van der Waals surface area (Å²) in [5.41, 5.74) is 1.11. The van der Waals surface area contributed by atoms with Crippen LogP contribution in [0.5, 0.6) is 0 Å². The van der Waals surface area contributed by atoms with Crippen LogP contribution in [0.3, 0.4) is 0 Å². The van der Waals surface area contributed by atoms with Gasteiger partial charge in [0.2, 0.25) is 0 Å². The van der Waals surface area contributed by atoms with Crippen LogP contribution in [0.15, 0.2) is 0 Å². The highest BCUT2D eigenvalue weighted by Crippen LogP contribution is 2.23. The lowest BCUT2D eigenvalue weighted by molar-refractivity contribution is 0.283. The van der Waals surface area contributed by atoms with E-state index in [4.69, 9.17) is 10.1 Å². The third kappa shape index (κ3) is 5.50. The molecule has 21 heavy (non-hydrogen) atoms. The maximum absolute atomic E-state index is 8.84. The molecule has 0 radical (unpaired) electrons. The SMILES string of the molecule is CCCc1nc(NCC)c(C)c(N(C)CCCCCO)n1. The van der Waals surface area contributed by atoms with Crippen molar-refractivity contribution in [1.82, 2.24) is 9.97 Å². The minimum Gasteiger partial charge on any atom is -0.396 e. The van der Waals surface area contributed by atoms with Crippen LogP contribution in [0.4, 0.5) is 11.6 Å². The smallest absolute Gasteiger partial charge is 0.137 e. The summed E-state index contributed by atoms with van der Waals surface area (Å²) in [5.74, 6) is 2.89. The highest BCUT2D eigenvalue weighted by Gasteiger charge is 2.13. The fraction of sp³-hybridized carbons (Fsp3) is 0.750. The molecule has 0 unspecified atom stereocenters. The summed E-state index contributed by atoms with van der Waals surface area (Å²) < 4.78 is 0. The lowest BCUT2D eigenvalue weighted by Crippen LogP contribution is -2.22. The van der Waals surface area contributed by atoms with Crippen molar-refractivity contribution < 1.29 is 5.11 Å². The molecule has 0 spiro atoms. The zero-order valence-corrected chi connectivity index (χ0v) is 13.9. The van der Waals surface area contributed by atoms with Crippen LogP contribution in [0.2, 0.25) is 0 Å². The first kappa shape index (κ1) is 17.7. The Balaban J connectivity index is 2.86. The number of aliphatic hydroxyl groups is 1. The van der Waals surface area contributed by atoms with Crippen LogP contribution >= 0.6 is 0 Å². The average Bonchev–Trinajstić information content (AvgIpc) is 2.47. The van der Waals surface area contributed by atoms with Gasteiger partial charge in [-0.05, 0) is 39.5 Å². The molecule has 1 heterocycles. The van der Waals surface area contributed by atoms with Gasteiger partial charge in [0.1, 0.15) is 17.5 Å². The van der Waals surface area contributed by atoms with E-state index in [0.717, 1.165) is 68.2 Å². The molecule has 0 saturated carbocycles. The number of hydrogen-bond donors (Lipinski definition) is 2. The fourth-order valence-electron chi connectivity index (χ4n) is 2.34. The lowest BCUT2D eigenvalue weighted by Gasteiger charge is -2.22. The molecule has 0 atom stereocenters. The van der Waals surface area contributed by atoms with E-state index in [9.17, 15) is 0 Å². The molecule has 0 saturated heterocycles. The number of nitrogens with zero attached hydrogens (tertiary/aromatic N) is 3. The maximum Gasteiger partial charge on any atom is 0.137 e. The van der Waals surface area contributed by atoms with Gasteiger partial charge < -0.3 is 15.3 Å². The van der Waals surface area contributed by atoms with Gasteiger partial charge in [-0.25, -0.2) is 9.97 Å². The Morgan fingerprint density at radius 1 is 1.14 bits per heavy atom. The van der Waals surface area contributed by atoms with Gasteiger partial charge in [0, 0.05) is 38.7 Å². The molecule has 0 bridgehead atoms. The van der Waals surface area contributed by atoms with Gasteiger partial charge in [-0.1, -0.05) is 6.92 Å². The molecule has 5 heteroatoms. The van der Waals surface area contributed by atoms with Crippen molar-refractivity contribution in [2.75, 3.05) is 37.0 Å². The fourth-order valence-corrected chi connectivity index (χ4v) is 2.34. The second-order valence-corrected chi connectivity index (χ2v) is 5.42. The zero-order chi connectivity index (χ0) is 15.7. The number of unbranched alkanes of at least 4 members (excludes halogenated alkanes) is 2. The molecule has 1 aromatic rings. The standard InChI is InChI=1S/C16H30N4O/c1-5-10-14-18-15(17-6-2)13(3)16(19-14)20(4)11-8-7-9-12-21/h21H,5-12H2,1-4H3,(H,17,18,19). The molecule has 0 aliphatic carbocycles. The molecule has 5 nitrogen and oxygen atoms in total. The second-order valence-electron chi connectivity index (χ2n) is 5.42. The van der Waals surface area contributed by atoms with E-state index in [-0.39, 0.29) is 6.61 Å². The van der Waals surface area contributed by atoms with E-state index >= 15 is 0 Å². The summed E-state index contributed by atoms with van der Waals surface area (Å²) in [7, 11) is 2.08. The lowest BCUT2D eigenvalue weighted by atomic mass is 10.2. The first-order valence-corrected chi connectivity index (χ1v) is 8.07. The van der Waals surface area contributed by atoms with Crippen molar-refractivity contribution in [3.63, 3.8) is 0 Å². The van der Waals surface area contributed by atoms with Gasteiger partial charge in [0.15, 0.2) is 0 Å². The molecule has 2 N–H and O–H groups in total. The predicted molar refractivity (Wildman–Crippen MR) is 89.1 cm³/mol. The van der Waals surface area contributed by atoms with Crippen molar-refractivity contribution in [2.24, 2.45) is 0 Å². The van der Waals surface area contributed by atoms with E-state index in [1.165, 1.54) is 0 Å². The molecule has 1 rings (SSSR count). The number of aromatic nitrogens is 2. The van der Waals surface area contributed by atoms with E-state index in [1.54, 1.807) is 0 Å². The Labute approximate surface area is 128 Å².